The molecule has 0 atom stereocenters. The molecule has 0 bridgehead atoms. The lowest BCUT2D eigenvalue weighted by Crippen LogP contribution is -2.29. The van der Waals surface area contributed by atoms with Crippen LogP contribution < -0.4 is 19.7 Å². The highest BCUT2D eigenvalue weighted by Crippen LogP contribution is 2.38. The molecule has 3 aromatic carbocycles. The van der Waals surface area contributed by atoms with E-state index in [0.717, 1.165) is 34.6 Å². The number of nitrogens with one attached hydrogen (secondary N) is 1. The summed E-state index contributed by atoms with van der Waals surface area (Å²) in [4.78, 5) is 40.5. The third-order valence-corrected chi connectivity index (χ3v) is 7.12. The Kier molecular flexibility index (Phi) is 5.89. The lowest BCUT2D eigenvalue weighted by Gasteiger charge is -2.23. The summed E-state index contributed by atoms with van der Waals surface area (Å²) in [6.45, 7) is 1.83. The second kappa shape index (κ2) is 9.25. The molecular weight excluding hydrogens is 515 g/mol. The van der Waals surface area contributed by atoms with E-state index >= 15 is 0 Å². The van der Waals surface area contributed by atoms with E-state index in [4.69, 9.17) is 32.7 Å². The average molecular weight is 535 g/mol. The van der Waals surface area contributed by atoms with Gasteiger partial charge < -0.3 is 14.8 Å². The molecule has 9 heteroatoms. The van der Waals surface area contributed by atoms with Crippen molar-refractivity contribution in [3.63, 3.8) is 0 Å². The van der Waals surface area contributed by atoms with Gasteiger partial charge in [-0.3, -0.25) is 14.4 Å². The molecule has 3 heterocycles. The van der Waals surface area contributed by atoms with Crippen LogP contribution in [0.5, 0.6) is 11.5 Å². The first-order valence-corrected chi connectivity index (χ1v) is 12.6. The zero-order valence-corrected chi connectivity index (χ0v) is 21.0. The number of fused-ring (bicyclic) bond motifs is 3. The number of ether oxygens (including phenoxy) is 2. The smallest absolute Gasteiger partial charge is 0.266 e. The minimum Gasteiger partial charge on any atom is -0.490 e. The molecule has 0 saturated heterocycles. The highest BCUT2D eigenvalue weighted by atomic mass is 35.5. The molecule has 186 valence electrons. The fraction of sp³-hybridized carbons (Fsp3) is 0.179. The van der Waals surface area contributed by atoms with Crippen LogP contribution in [0.15, 0.2) is 54.6 Å². The Balaban J connectivity index is 1.33. The van der Waals surface area contributed by atoms with E-state index in [1.165, 1.54) is 30.3 Å². The number of halogens is 2. The minimum absolute atomic E-state index is 0.137. The van der Waals surface area contributed by atoms with Crippen LogP contribution in [-0.2, 0) is 6.42 Å². The van der Waals surface area contributed by atoms with Crippen molar-refractivity contribution in [2.45, 2.75) is 12.8 Å². The predicted molar refractivity (Wildman–Crippen MR) is 140 cm³/mol. The monoisotopic (exact) mass is 534 g/mol. The van der Waals surface area contributed by atoms with Crippen molar-refractivity contribution in [3.8, 4) is 11.5 Å². The number of anilines is 1. The Bertz CT molecular complexity index is 1530. The van der Waals surface area contributed by atoms with E-state index in [1.807, 2.05) is 12.1 Å². The number of rotatable bonds is 3. The average Bonchev–Trinajstić information content (AvgIpc) is 3.02. The molecule has 1 N–H and O–H groups in total. The van der Waals surface area contributed by atoms with Gasteiger partial charge in [-0.1, -0.05) is 29.3 Å². The maximum atomic E-state index is 13.3. The number of hydrogen-bond acceptors (Lipinski definition) is 6. The van der Waals surface area contributed by atoms with Gasteiger partial charge in [-0.25, -0.2) is 4.90 Å². The summed E-state index contributed by atoms with van der Waals surface area (Å²) in [6, 6.07) is 12.9. The maximum absolute atomic E-state index is 13.3. The molecule has 7 nitrogen and oxygen atoms in total. The van der Waals surface area contributed by atoms with Gasteiger partial charge in [-0.2, -0.15) is 0 Å². The van der Waals surface area contributed by atoms with Crippen LogP contribution >= 0.6 is 23.2 Å². The molecule has 37 heavy (non-hydrogen) atoms. The van der Waals surface area contributed by atoms with Gasteiger partial charge in [0.15, 0.2) is 17.3 Å². The van der Waals surface area contributed by atoms with E-state index in [-0.39, 0.29) is 33.2 Å². The fourth-order valence-corrected chi connectivity index (χ4v) is 5.12. The largest absolute Gasteiger partial charge is 0.490 e. The Hall–Kier alpha value is -3.81. The van der Waals surface area contributed by atoms with Crippen LogP contribution in [0.1, 0.15) is 48.6 Å². The van der Waals surface area contributed by atoms with Crippen LogP contribution in [-0.4, -0.2) is 37.4 Å². The van der Waals surface area contributed by atoms with E-state index in [1.54, 1.807) is 12.1 Å². The predicted octanol–water partition coefficient (Wildman–Crippen LogP) is 5.32. The number of carbonyl (C=O) groups is 3. The summed E-state index contributed by atoms with van der Waals surface area (Å²) < 4.78 is 11.6. The fourth-order valence-electron chi connectivity index (χ4n) is 4.75. The lowest BCUT2D eigenvalue weighted by atomic mass is 9.95. The topological polar surface area (TPSA) is 84.9 Å². The number of ketones is 1. The third-order valence-electron chi connectivity index (χ3n) is 6.57. The number of hydrogen-bond donors (Lipinski definition) is 1. The minimum atomic E-state index is -0.563. The SMILES string of the molecule is O=C(C=C1NCCc2cc3c(cc21)OCCCO3)c1ccc2c(c1)C(=O)N(c1cc(Cl)ccc1Cl)C2=O. The van der Waals surface area contributed by atoms with E-state index < -0.39 is 11.8 Å². The standard InChI is InChI=1S/C28H20Cl2N2O5/c29-17-3-5-21(30)23(12-17)32-27(34)18-4-2-16(10-20(18)28(32)35)24(33)14-22-19-13-26-25(36-8-1-9-37-26)11-15(19)6-7-31-22/h2-5,10-14,31H,1,6-9H2. The Morgan fingerprint density at radius 2 is 1.65 bits per heavy atom. The molecule has 6 rings (SSSR count). The van der Waals surface area contributed by atoms with Crippen molar-refractivity contribution in [1.29, 1.82) is 0 Å². The molecule has 0 unspecified atom stereocenters. The first-order chi connectivity index (χ1) is 17.9. The quantitative estimate of drug-likeness (QED) is 0.278. The number of amides is 2. The summed E-state index contributed by atoms with van der Waals surface area (Å²) in [7, 11) is 0. The number of nitrogens with zero attached hydrogens (tertiary/aromatic N) is 1. The summed E-state index contributed by atoms with van der Waals surface area (Å²) >= 11 is 12.3. The van der Waals surface area contributed by atoms with Crippen molar-refractivity contribution in [3.05, 3.63) is 92.5 Å². The molecule has 2 amide bonds. The van der Waals surface area contributed by atoms with Gasteiger partial charge in [-0.05, 0) is 54.4 Å². The van der Waals surface area contributed by atoms with Crippen molar-refractivity contribution in [2.75, 3.05) is 24.7 Å². The number of carbonyl (C=O) groups excluding carboxylic acids is 3. The van der Waals surface area contributed by atoms with Gasteiger partial charge in [0.1, 0.15) is 0 Å². The van der Waals surface area contributed by atoms with E-state index in [0.29, 0.717) is 36.2 Å². The lowest BCUT2D eigenvalue weighted by molar-refractivity contribution is 0.0925. The van der Waals surface area contributed by atoms with Crippen LogP contribution in [0.3, 0.4) is 0 Å². The molecule has 3 aliphatic rings. The van der Waals surface area contributed by atoms with Crippen molar-refractivity contribution < 1.29 is 23.9 Å². The van der Waals surface area contributed by atoms with E-state index in [9.17, 15) is 14.4 Å². The zero-order valence-electron chi connectivity index (χ0n) is 19.5. The summed E-state index contributed by atoms with van der Waals surface area (Å²) in [5.41, 5.74) is 3.42. The summed E-state index contributed by atoms with van der Waals surface area (Å²) in [5, 5.41) is 3.85. The molecule has 0 radical (unpaired) electrons. The van der Waals surface area contributed by atoms with Gasteiger partial charge in [0.2, 0.25) is 0 Å². The second-order valence-electron chi connectivity index (χ2n) is 8.91. The molecular formula is C28H20Cl2N2O5. The molecule has 3 aliphatic heterocycles. The zero-order chi connectivity index (χ0) is 25.7. The van der Waals surface area contributed by atoms with Crippen molar-refractivity contribution in [1.82, 2.24) is 5.32 Å². The maximum Gasteiger partial charge on any atom is 0.266 e. The van der Waals surface area contributed by atoms with Crippen molar-refractivity contribution >= 4 is 52.2 Å². The molecule has 0 fully saturated rings. The Morgan fingerprint density at radius 3 is 2.46 bits per heavy atom. The summed E-state index contributed by atoms with van der Waals surface area (Å²) in [6.07, 6.45) is 3.10. The van der Waals surface area contributed by atoms with Crippen molar-refractivity contribution in [2.24, 2.45) is 0 Å². The van der Waals surface area contributed by atoms with Gasteiger partial charge in [0.25, 0.3) is 11.8 Å². The third kappa shape index (κ3) is 4.14. The van der Waals surface area contributed by atoms with Crippen LogP contribution in [0, 0.1) is 0 Å². The summed E-state index contributed by atoms with van der Waals surface area (Å²) in [5.74, 6) is -0.0146. The van der Waals surface area contributed by atoms with Gasteiger partial charge in [0, 0.05) is 40.9 Å². The molecule has 3 aromatic rings. The van der Waals surface area contributed by atoms with Crippen LogP contribution in [0.2, 0.25) is 10.0 Å². The van der Waals surface area contributed by atoms with Gasteiger partial charge >= 0.3 is 0 Å². The second-order valence-corrected chi connectivity index (χ2v) is 9.75. The number of imide groups is 1. The first-order valence-electron chi connectivity index (χ1n) is 11.8. The van der Waals surface area contributed by atoms with Crippen LogP contribution in [0.25, 0.3) is 5.70 Å². The van der Waals surface area contributed by atoms with Gasteiger partial charge in [0.05, 0.1) is 35.1 Å². The molecule has 0 aromatic heterocycles. The Morgan fingerprint density at radius 1 is 0.892 bits per heavy atom. The molecule has 0 spiro atoms. The number of benzene rings is 3. The normalized spacial score (nSPS) is 17.2. The number of allylic oxidation sites excluding steroid dienone is 1. The van der Waals surface area contributed by atoms with Gasteiger partial charge in [-0.15, -0.1) is 0 Å². The highest BCUT2D eigenvalue weighted by molar-refractivity contribution is 6.41. The first kappa shape index (κ1) is 23.6. The van der Waals surface area contributed by atoms with Crippen LogP contribution in [0.4, 0.5) is 5.69 Å². The highest BCUT2D eigenvalue weighted by Gasteiger charge is 2.38. The Labute approximate surface area is 222 Å². The molecule has 0 saturated carbocycles. The van der Waals surface area contributed by atoms with E-state index in [2.05, 4.69) is 5.32 Å². The molecule has 0 aliphatic carbocycles.